The summed E-state index contributed by atoms with van der Waals surface area (Å²) in [6.45, 7) is 2.62. The predicted octanol–water partition coefficient (Wildman–Crippen LogP) is 0.828. The smallest absolute Gasteiger partial charge is 0.332 e. The van der Waals surface area contributed by atoms with Crippen LogP contribution in [0.4, 0.5) is 0 Å². The Bertz CT molecular complexity index is 2810. The quantitative estimate of drug-likeness (QED) is 0.119. The Morgan fingerprint density at radius 3 is 1.56 bits per heavy atom. The van der Waals surface area contributed by atoms with Gasteiger partial charge in [-0.2, -0.15) is 0 Å². The van der Waals surface area contributed by atoms with Crippen LogP contribution < -0.4 is 33.5 Å². The molecule has 0 aliphatic heterocycles. The molecule has 0 saturated carbocycles. The van der Waals surface area contributed by atoms with Crippen LogP contribution in [0.15, 0.2) is 106 Å². The van der Waals surface area contributed by atoms with Crippen molar-refractivity contribution in [2.24, 2.45) is 33.9 Å². The molecule has 0 aliphatic carbocycles. The fraction of sp³-hybridized carbons (Fsp3) is 0.368. The van der Waals surface area contributed by atoms with E-state index in [1.165, 1.54) is 84.2 Å². The minimum absolute atomic E-state index is 0.0739. The average molecular weight is 1010 g/mol. The molecule has 0 fully saturated rings. The minimum Gasteiger partial charge on any atom is -0.480 e. The first-order chi connectivity index (χ1) is 31.2. The molecule has 8 heterocycles. The number of hydrogen-bond acceptors (Lipinski definition) is 17. The second-order valence-corrected chi connectivity index (χ2v) is 12.7. The molecule has 0 aliphatic rings. The molecule has 1 amide bonds. The maximum Gasteiger partial charge on any atom is 0.332 e. The second-order valence-electron chi connectivity index (χ2n) is 12.7. The number of nitrogens with two attached hydrogens (primary N) is 1. The van der Waals surface area contributed by atoms with Crippen molar-refractivity contribution in [1.29, 1.82) is 0 Å². The summed E-state index contributed by atoms with van der Waals surface area (Å²) in [6, 6.07) is 0. The van der Waals surface area contributed by atoms with Gasteiger partial charge < -0.3 is 43.0 Å². The molecular formula is C38H49IN14O11. The van der Waals surface area contributed by atoms with Gasteiger partial charge >= 0.3 is 17.3 Å². The number of aliphatic carboxylic acids is 1. The molecule has 4 N–H and O–H groups in total. The zero-order valence-corrected chi connectivity index (χ0v) is 37.7. The lowest BCUT2D eigenvalue weighted by atomic mass is 10.3. The van der Waals surface area contributed by atoms with Crippen molar-refractivity contribution in [2.75, 3.05) is 18.0 Å². The van der Waals surface area contributed by atoms with Crippen molar-refractivity contribution in [2.45, 2.75) is 45.7 Å². The molecule has 8 aromatic heterocycles. The summed E-state index contributed by atoms with van der Waals surface area (Å²) in [5, 5.41) is 11.4. The number of fused-ring (bicyclic) bond motifs is 2. The predicted molar refractivity (Wildman–Crippen MR) is 237 cm³/mol. The van der Waals surface area contributed by atoms with Gasteiger partial charge in [0.2, 0.25) is 5.91 Å². The molecule has 0 unspecified atom stereocenters. The van der Waals surface area contributed by atoms with E-state index in [4.69, 9.17) is 25.5 Å². The SMILES string of the molecule is CCCc1ncco1.Cn1c(=O)c2c(ncn2CC(=O)NCCc2ncco2)n(C)c1=O.Cn1c(=O)c2c(ncn2CC(=O)O)n(C)c1=O.NCCc1ncco1.[2H]CI.c1cocn1. The number of imidazole rings is 2. The molecule has 0 bridgehead atoms. The molecule has 25 nitrogen and oxygen atoms in total. The maximum atomic E-state index is 12.3. The van der Waals surface area contributed by atoms with E-state index in [9.17, 15) is 28.8 Å². The van der Waals surface area contributed by atoms with E-state index < -0.39 is 28.5 Å². The molecule has 8 rings (SSSR count). The number of nitrogens with one attached hydrogen (secondary N) is 1. The van der Waals surface area contributed by atoms with Gasteiger partial charge in [-0.3, -0.25) is 37.4 Å². The van der Waals surface area contributed by atoms with Crippen LogP contribution in [0, 0.1) is 0 Å². The van der Waals surface area contributed by atoms with E-state index in [2.05, 4.69) is 46.6 Å². The number of amides is 1. The fourth-order valence-electron chi connectivity index (χ4n) is 5.34. The molecule has 64 heavy (non-hydrogen) atoms. The number of halogens is 1. The van der Waals surface area contributed by atoms with E-state index in [0.717, 1.165) is 34.3 Å². The largest absolute Gasteiger partial charge is 0.480 e. The summed E-state index contributed by atoms with van der Waals surface area (Å²) < 4.78 is 32.6. The van der Waals surface area contributed by atoms with Crippen LogP contribution in [0.2, 0.25) is 0 Å². The zero-order valence-electron chi connectivity index (χ0n) is 36.6. The van der Waals surface area contributed by atoms with Crippen molar-refractivity contribution >= 4 is 56.8 Å². The Balaban J connectivity index is 0.000000235. The molecule has 8 aromatic rings. The first kappa shape index (κ1) is 49.4. The van der Waals surface area contributed by atoms with E-state index in [-0.39, 0.29) is 41.3 Å². The van der Waals surface area contributed by atoms with Crippen LogP contribution >= 0.6 is 22.6 Å². The van der Waals surface area contributed by atoms with Crippen molar-refractivity contribution in [3.05, 3.63) is 128 Å². The fourth-order valence-corrected chi connectivity index (χ4v) is 5.34. The first-order valence-corrected chi connectivity index (χ1v) is 20.5. The number of hydrogen-bond donors (Lipinski definition) is 3. The molecule has 26 heteroatoms. The number of nitrogens with zero attached hydrogens (tertiary/aromatic N) is 12. The van der Waals surface area contributed by atoms with Gasteiger partial charge in [0.1, 0.15) is 38.1 Å². The highest BCUT2D eigenvalue weighted by atomic mass is 127. The third kappa shape index (κ3) is 14.4. The highest BCUT2D eigenvalue weighted by molar-refractivity contribution is 14.1. The van der Waals surface area contributed by atoms with E-state index in [0.29, 0.717) is 36.2 Å². The van der Waals surface area contributed by atoms with Gasteiger partial charge in [0.15, 0.2) is 46.4 Å². The number of alkyl halides is 1. The lowest BCUT2D eigenvalue weighted by molar-refractivity contribution is -0.137. The topological polar surface area (TPSA) is 320 Å². The lowest BCUT2D eigenvalue weighted by Crippen LogP contribution is -2.38. The molecular weight excluding hydrogens is 955 g/mol. The van der Waals surface area contributed by atoms with Gasteiger partial charge in [0, 0.05) is 61.9 Å². The van der Waals surface area contributed by atoms with Crippen molar-refractivity contribution in [3.8, 4) is 0 Å². The van der Waals surface area contributed by atoms with Crippen LogP contribution in [-0.4, -0.2) is 92.3 Å². The van der Waals surface area contributed by atoms with Gasteiger partial charge in [0.05, 0.1) is 37.4 Å². The first-order valence-electron chi connectivity index (χ1n) is 19.6. The van der Waals surface area contributed by atoms with Gasteiger partial charge in [-0.15, -0.1) is 0 Å². The third-order valence-electron chi connectivity index (χ3n) is 8.33. The Kier molecular flexibility index (Phi) is 20.3. The molecule has 0 aromatic carbocycles. The highest BCUT2D eigenvalue weighted by Crippen LogP contribution is 2.06. The number of rotatable bonds is 11. The van der Waals surface area contributed by atoms with Crippen LogP contribution in [0.25, 0.3) is 22.3 Å². The Morgan fingerprint density at radius 2 is 1.19 bits per heavy atom. The molecule has 0 radical (unpaired) electrons. The number of aromatic nitrogens is 12. The minimum atomic E-state index is -1.08. The van der Waals surface area contributed by atoms with Crippen LogP contribution in [-0.2, 0) is 70.1 Å². The number of carboxylic acid groups (broad SMARTS) is 1. The van der Waals surface area contributed by atoms with Crippen molar-refractivity contribution < 1.29 is 33.7 Å². The van der Waals surface area contributed by atoms with E-state index >= 15 is 0 Å². The number of carbonyl (C=O) groups excluding carboxylic acids is 1. The van der Waals surface area contributed by atoms with Crippen LogP contribution in [0.1, 0.15) is 32.4 Å². The van der Waals surface area contributed by atoms with Gasteiger partial charge in [-0.25, -0.2) is 39.5 Å². The number of oxazole rings is 4. The Hall–Kier alpha value is -7.23. The number of carbonyl (C=O) groups is 2. The average Bonchev–Trinajstić information content (AvgIpc) is 4.14. The standard InChI is InChI=1S/C14H16N6O4.C9H10N4O4.C6H9NO.C5H8N2O.C3H3NO.CH3I/c1-18-12-11(13(22)19(2)14(18)23)20(8-17-12)7-9(21)15-4-3-10-16-5-6-24-10;1-11-7-6(8(16)12(2)9(11)17)13(4-10-7)3-5(14)15;1-2-3-6-7-4-5-8-6;6-2-1-5-7-3-4-8-5;1-2-5-3-4-1;1-2/h5-6,8H,3-4,7H2,1-2H3,(H,15,21);4H,3H2,1-2H3,(H,14,15);4-5H,2-3H2,1H3;3-4H,1-2,6H2;1-3H;1H3/i;;;;;1D. The van der Waals surface area contributed by atoms with Crippen LogP contribution in [0.3, 0.4) is 0 Å². The third-order valence-corrected chi connectivity index (χ3v) is 8.33. The zero-order chi connectivity index (χ0) is 47.9. The van der Waals surface area contributed by atoms with Crippen molar-refractivity contribution in [3.63, 3.8) is 0 Å². The van der Waals surface area contributed by atoms with Gasteiger partial charge in [-0.1, -0.05) is 29.5 Å². The maximum absolute atomic E-state index is 12.3. The molecule has 0 spiro atoms. The number of carboxylic acids is 1. The molecule has 344 valence electrons. The molecule has 0 atom stereocenters. The Labute approximate surface area is 377 Å². The highest BCUT2D eigenvalue weighted by Gasteiger charge is 2.17. The van der Waals surface area contributed by atoms with Gasteiger partial charge in [-0.05, 0) is 11.3 Å². The van der Waals surface area contributed by atoms with Crippen molar-refractivity contribution in [1.82, 2.24) is 62.6 Å². The lowest BCUT2D eigenvalue weighted by Gasteiger charge is -2.07. The summed E-state index contributed by atoms with van der Waals surface area (Å²) in [6.07, 6.45) is 19.8. The van der Waals surface area contributed by atoms with Gasteiger partial charge in [0.25, 0.3) is 11.1 Å². The number of aryl methyl sites for hydroxylation is 3. The summed E-state index contributed by atoms with van der Waals surface area (Å²) in [5.74, 6) is 0.726. The normalized spacial score (nSPS) is 10.4. The van der Waals surface area contributed by atoms with E-state index in [1.54, 1.807) is 31.1 Å². The summed E-state index contributed by atoms with van der Waals surface area (Å²) in [4.78, 5) is 94.0. The van der Waals surface area contributed by atoms with E-state index in [1.807, 2.05) is 22.6 Å². The monoisotopic (exact) mass is 1010 g/mol. The Morgan fingerprint density at radius 1 is 0.719 bits per heavy atom. The summed E-state index contributed by atoms with van der Waals surface area (Å²) in [5.41, 5.74) is 3.96. The summed E-state index contributed by atoms with van der Waals surface area (Å²) in [7, 11) is 5.72. The second kappa shape index (κ2) is 26.3. The summed E-state index contributed by atoms with van der Waals surface area (Å²) >= 11 is 1.96. The van der Waals surface area contributed by atoms with Crippen LogP contribution in [0.5, 0.6) is 0 Å². The molecule has 0 saturated heterocycles.